The SMILES string of the molecule is C[C@H](O)c1cc([N+](=O)[O-])c(N2CCC(C(N)=O)CC2)s1. The number of hydrogen-bond acceptors (Lipinski definition) is 6. The third-order valence-corrected chi connectivity index (χ3v) is 4.86. The normalized spacial score (nSPS) is 18.0. The molecule has 0 bridgehead atoms. The summed E-state index contributed by atoms with van der Waals surface area (Å²) in [7, 11) is 0. The Hall–Kier alpha value is -1.67. The van der Waals surface area contributed by atoms with Crippen LogP contribution < -0.4 is 10.6 Å². The first-order chi connectivity index (χ1) is 9.40. The third-order valence-electron chi connectivity index (χ3n) is 3.51. The van der Waals surface area contributed by atoms with Crippen molar-refractivity contribution in [2.24, 2.45) is 11.7 Å². The third kappa shape index (κ3) is 2.91. The van der Waals surface area contributed by atoms with Crippen LogP contribution in [0, 0.1) is 16.0 Å². The fourth-order valence-corrected chi connectivity index (χ4v) is 3.43. The van der Waals surface area contributed by atoms with Crippen LogP contribution in [0.2, 0.25) is 0 Å². The lowest BCUT2D eigenvalue weighted by Gasteiger charge is -2.30. The second-order valence-electron chi connectivity index (χ2n) is 4.94. The van der Waals surface area contributed by atoms with Gasteiger partial charge in [-0.3, -0.25) is 14.9 Å². The molecule has 1 amide bonds. The topological polar surface area (TPSA) is 110 Å². The van der Waals surface area contributed by atoms with Gasteiger partial charge in [0.2, 0.25) is 5.91 Å². The van der Waals surface area contributed by atoms with Gasteiger partial charge in [0.15, 0.2) is 5.00 Å². The summed E-state index contributed by atoms with van der Waals surface area (Å²) >= 11 is 1.23. The highest BCUT2D eigenvalue weighted by molar-refractivity contribution is 7.16. The minimum atomic E-state index is -0.726. The van der Waals surface area contributed by atoms with Crippen LogP contribution in [0.1, 0.15) is 30.7 Å². The molecule has 2 heterocycles. The Morgan fingerprint density at radius 1 is 1.60 bits per heavy atom. The van der Waals surface area contributed by atoms with Crippen LogP contribution in [0.5, 0.6) is 0 Å². The molecule has 2 rings (SSSR count). The van der Waals surface area contributed by atoms with Crippen molar-refractivity contribution in [2.45, 2.75) is 25.9 Å². The van der Waals surface area contributed by atoms with Gasteiger partial charge in [-0.15, -0.1) is 11.3 Å². The molecule has 0 spiro atoms. The number of nitrogens with zero attached hydrogens (tertiary/aromatic N) is 2. The average Bonchev–Trinajstić information content (AvgIpc) is 2.84. The molecule has 1 aromatic rings. The van der Waals surface area contributed by atoms with Crippen molar-refractivity contribution >= 4 is 27.9 Å². The molecule has 0 aliphatic carbocycles. The number of aliphatic hydroxyl groups is 1. The van der Waals surface area contributed by atoms with Crippen molar-refractivity contribution in [3.63, 3.8) is 0 Å². The number of nitro groups is 1. The number of aliphatic hydroxyl groups excluding tert-OH is 1. The Balaban J connectivity index is 2.20. The standard InChI is InChI=1S/C12H17N3O4S/c1-7(16)10-6-9(15(18)19)12(20-10)14-4-2-8(3-5-14)11(13)17/h6-8,16H,2-5H2,1H3,(H2,13,17)/t7-/m0/s1. The molecule has 1 fully saturated rings. The molecule has 1 saturated heterocycles. The van der Waals surface area contributed by atoms with Crippen molar-refractivity contribution in [3.8, 4) is 0 Å². The van der Waals surface area contributed by atoms with Crippen LogP contribution in [0.4, 0.5) is 10.7 Å². The molecule has 7 nitrogen and oxygen atoms in total. The fraction of sp³-hybridized carbons (Fsp3) is 0.583. The van der Waals surface area contributed by atoms with Crippen molar-refractivity contribution in [1.82, 2.24) is 0 Å². The zero-order valence-corrected chi connectivity index (χ0v) is 11.9. The Morgan fingerprint density at radius 2 is 2.20 bits per heavy atom. The first-order valence-corrected chi connectivity index (χ1v) is 7.22. The van der Waals surface area contributed by atoms with Crippen LogP contribution >= 0.6 is 11.3 Å². The maximum Gasteiger partial charge on any atom is 0.304 e. The van der Waals surface area contributed by atoms with Gasteiger partial charge >= 0.3 is 5.69 Å². The molecule has 0 aromatic carbocycles. The molecule has 20 heavy (non-hydrogen) atoms. The number of hydrogen-bond donors (Lipinski definition) is 2. The summed E-state index contributed by atoms with van der Waals surface area (Å²) in [5.41, 5.74) is 5.29. The summed E-state index contributed by atoms with van der Waals surface area (Å²) in [5.74, 6) is -0.462. The summed E-state index contributed by atoms with van der Waals surface area (Å²) in [5, 5.41) is 21.2. The summed E-state index contributed by atoms with van der Waals surface area (Å²) < 4.78 is 0. The largest absolute Gasteiger partial charge is 0.388 e. The maximum atomic E-state index is 11.1. The number of piperidine rings is 1. The molecule has 1 aliphatic heterocycles. The van der Waals surface area contributed by atoms with Gasteiger partial charge < -0.3 is 15.7 Å². The zero-order valence-electron chi connectivity index (χ0n) is 11.1. The lowest BCUT2D eigenvalue weighted by molar-refractivity contribution is -0.383. The molecule has 110 valence electrons. The second-order valence-corrected chi connectivity index (χ2v) is 6.00. The smallest absolute Gasteiger partial charge is 0.304 e. The second kappa shape index (κ2) is 5.76. The Kier molecular flexibility index (Phi) is 4.24. The first-order valence-electron chi connectivity index (χ1n) is 6.40. The molecule has 0 unspecified atom stereocenters. The lowest BCUT2D eigenvalue weighted by Crippen LogP contribution is -2.38. The fourth-order valence-electron chi connectivity index (χ4n) is 2.32. The minimum absolute atomic E-state index is 0.0171. The van der Waals surface area contributed by atoms with E-state index in [4.69, 9.17) is 5.73 Å². The van der Waals surface area contributed by atoms with Crippen LogP contribution in [0.3, 0.4) is 0 Å². The molecule has 8 heteroatoms. The van der Waals surface area contributed by atoms with Crippen LogP contribution in [0.15, 0.2) is 6.07 Å². The molecule has 0 saturated carbocycles. The quantitative estimate of drug-likeness (QED) is 0.645. The van der Waals surface area contributed by atoms with Gasteiger partial charge in [-0.25, -0.2) is 0 Å². The summed E-state index contributed by atoms with van der Waals surface area (Å²) in [6.45, 7) is 2.71. The molecule has 1 aliphatic rings. The average molecular weight is 299 g/mol. The number of primary amides is 1. The van der Waals surface area contributed by atoms with Crippen LogP contribution in [-0.4, -0.2) is 29.0 Å². The molecular weight excluding hydrogens is 282 g/mol. The Labute approximate surface area is 120 Å². The number of amides is 1. The molecule has 3 N–H and O–H groups in total. The van der Waals surface area contributed by atoms with E-state index in [1.165, 1.54) is 17.4 Å². The molecular formula is C12H17N3O4S. The number of anilines is 1. The number of thiophene rings is 1. The van der Waals surface area contributed by atoms with E-state index < -0.39 is 11.0 Å². The van der Waals surface area contributed by atoms with Gasteiger partial charge in [-0.05, 0) is 19.8 Å². The van der Waals surface area contributed by atoms with Gasteiger partial charge in [0.05, 0.1) is 11.0 Å². The minimum Gasteiger partial charge on any atom is -0.388 e. The van der Waals surface area contributed by atoms with Crippen molar-refractivity contribution < 1.29 is 14.8 Å². The van der Waals surface area contributed by atoms with Crippen molar-refractivity contribution in [2.75, 3.05) is 18.0 Å². The number of nitrogens with two attached hydrogens (primary N) is 1. The maximum absolute atomic E-state index is 11.1. The van der Waals surface area contributed by atoms with Gasteiger partial charge in [0, 0.05) is 30.0 Å². The van der Waals surface area contributed by atoms with Crippen LogP contribution in [-0.2, 0) is 4.79 Å². The van der Waals surface area contributed by atoms with E-state index in [1.54, 1.807) is 6.92 Å². The molecule has 1 aromatic heterocycles. The van der Waals surface area contributed by atoms with Crippen molar-refractivity contribution in [3.05, 3.63) is 21.1 Å². The van der Waals surface area contributed by atoms with E-state index in [2.05, 4.69) is 0 Å². The number of carbonyl (C=O) groups excluding carboxylic acids is 1. The monoisotopic (exact) mass is 299 g/mol. The van der Waals surface area contributed by atoms with E-state index in [1.807, 2.05) is 4.90 Å². The Bertz CT molecular complexity index is 521. The van der Waals surface area contributed by atoms with Gasteiger partial charge in [-0.2, -0.15) is 0 Å². The van der Waals surface area contributed by atoms with Crippen molar-refractivity contribution in [1.29, 1.82) is 0 Å². The van der Waals surface area contributed by atoms with Gasteiger partial charge in [0.25, 0.3) is 0 Å². The first kappa shape index (κ1) is 14.7. The highest BCUT2D eigenvalue weighted by Gasteiger charge is 2.29. The van der Waals surface area contributed by atoms with Gasteiger partial charge in [0.1, 0.15) is 0 Å². The van der Waals surface area contributed by atoms with E-state index in [0.29, 0.717) is 35.8 Å². The summed E-state index contributed by atoms with van der Waals surface area (Å²) in [6.07, 6.45) is 0.485. The van der Waals surface area contributed by atoms with E-state index >= 15 is 0 Å². The molecule has 0 radical (unpaired) electrons. The lowest BCUT2D eigenvalue weighted by atomic mass is 9.96. The molecule has 1 atom stereocenters. The van der Waals surface area contributed by atoms with E-state index in [-0.39, 0.29) is 17.5 Å². The summed E-state index contributed by atoms with van der Waals surface area (Å²) in [6, 6.07) is 1.42. The summed E-state index contributed by atoms with van der Waals surface area (Å²) in [4.78, 5) is 24.3. The number of rotatable bonds is 4. The predicted octanol–water partition coefficient (Wildman–Crippen LogP) is 1.41. The zero-order chi connectivity index (χ0) is 14.9. The van der Waals surface area contributed by atoms with E-state index in [0.717, 1.165) is 0 Å². The van der Waals surface area contributed by atoms with Crippen LogP contribution in [0.25, 0.3) is 0 Å². The van der Waals surface area contributed by atoms with Gasteiger partial charge in [-0.1, -0.05) is 0 Å². The predicted molar refractivity (Wildman–Crippen MR) is 75.7 cm³/mol. The highest BCUT2D eigenvalue weighted by atomic mass is 32.1. The highest BCUT2D eigenvalue weighted by Crippen LogP contribution is 2.41. The number of carbonyl (C=O) groups is 1. The van der Waals surface area contributed by atoms with E-state index in [9.17, 15) is 20.0 Å². The Morgan fingerprint density at radius 3 is 2.65 bits per heavy atom.